The zero-order chi connectivity index (χ0) is 19.0. The van der Waals surface area contributed by atoms with Gasteiger partial charge in [0.05, 0.1) is 17.1 Å². The SMILES string of the molecule is Cc1cnc(CNC(=O)c2cnc3c(c2)nc(-c2ccccc2Cl)n3C)[nH]1. The van der Waals surface area contributed by atoms with Crippen LogP contribution in [0.15, 0.2) is 42.7 Å². The molecule has 0 aliphatic rings. The molecule has 8 heteroatoms. The second-order valence-electron chi connectivity index (χ2n) is 6.24. The number of fused-ring (bicyclic) bond motifs is 1. The van der Waals surface area contributed by atoms with Gasteiger partial charge >= 0.3 is 0 Å². The zero-order valence-corrected chi connectivity index (χ0v) is 15.6. The molecule has 0 fully saturated rings. The van der Waals surface area contributed by atoms with Crippen LogP contribution in [0.2, 0.25) is 5.02 Å². The smallest absolute Gasteiger partial charge is 0.253 e. The molecule has 0 aliphatic carbocycles. The van der Waals surface area contributed by atoms with Crippen molar-refractivity contribution in [3.63, 3.8) is 0 Å². The average Bonchev–Trinajstić information content (AvgIpc) is 3.23. The minimum Gasteiger partial charge on any atom is -0.345 e. The number of pyridine rings is 1. The van der Waals surface area contributed by atoms with Crippen molar-refractivity contribution in [3.8, 4) is 11.4 Å². The molecule has 2 N–H and O–H groups in total. The first kappa shape index (κ1) is 17.2. The molecule has 4 rings (SSSR count). The van der Waals surface area contributed by atoms with E-state index in [1.165, 1.54) is 0 Å². The Morgan fingerprint density at radius 3 is 2.81 bits per heavy atom. The first-order valence-electron chi connectivity index (χ1n) is 8.39. The van der Waals surface area contributed by atoms with Crippen molar-refractivity contribution in [2.75, 3.05) is 0 Å². The third-order valence-corrected chi connectivity index (χ3v) is 4.59. The van der Waals surface area contributed by atoms with Crippen LogP contribution in [0.1, 0.15) is 21.9 Å². The number of rotatable bonds is 4. The zero-order valence-electron chi connectivity index (χ0n) is 14.8. The molecule has 3 heterocycles. The molecule has 1 aromatic carbocycles. The summed E-state index contributed by atoms with van der Waals surface area (Å²) in [6.45, 7) is 2.23. The highest BCUT2D eigenvalue weighted by atomic mass is 35.5. The van der Waals surface area contributed by atoms with Gasteiger partial charge in [0.25, 0.3) is 5.91 Å². The molecular formula is C19H17ClN6O. The molecule has 136 valence electrons. The Kier molecular flexibility index (Phi) is 4.37. The number of aryl methyl sites for hydroxylation is 2. The van der Waals surface area contributed by atoms with E-state index in [1.54, 1.807) is 18.5 Å². The van der Waals surface area contributed by atoms with E-state index < -0.39 is 0 Å². The molecule has 0 saturated carbocycles. The van der Waals surface area contributed by atoms with Gasteiger partial charge in [-0.25, -0.2) is 15.0 Å². The van der Waals surface area contributed by atoms with Crippen LogP contribution >= 0.6 is 11.6 Å². The average molecular weight is 381 g/mol. The normalized spacial score (nSPS) is 11.1. The lowest BCUT2D eigenvalue weighted by atomic mass is 10.2. The summed E-state index contributed by atoms with van der Waals surface area (Å²) >= 11 is 6.29. The van der Waals surface area contributed by atoms with Gasteiger partial charge in [0.2, 0.25) is 0 Å². The van der Waals surface area contributed by atoms with E-state index in [4.69, 9.17) is 11.6 Å². The second kappa shape index (κ2) is 6.85. The summed E-state index contributed by atoms with van der Waals surface area (Å²) < 4.78 is 1.86. The molecule has 0 radical (unpaired) electrons. The van der Waals surface area contributed by atoms with Crippen molar-refractivity contribution in [1.29, 1.82) is 0 Å². The number of aromatic nitrogens is 5. The summed E-state index contributed by atoms with van der Waals surface area (Å²) in [5.74, 6) is 1.17. The Balaban J connectivity index is 1.62. The number of imidazole rings is 2. The van der Waals surface area contributed by atoms with Gasteiger partial charge in [0, 0.05) is 30.7 Å². The lowest BCUT2D eigenvalue weighted by Gasteiger charge is -2.04. The van der Waals surface area contributed by atoms with E-state index in [1.807, 2.05) is 42.8 Å². The Hall–Kier alpha value is -3.19. The van der Waals surface area contributed by atoms with Gasteiger partial charge in [-0.15, -0.1) is 0 Å². The molecular weight excluding hydrogens is 364 g/mol. The molecule has 4 aromatic rings. The molecule has 0 aliphatic heterocycles. The van der Waals surface area contributed by atoms with E-state index in [9.17, 15) is 4.79 Å². The number of carbonyl (C=O) groups excluding carboxylic acids is 1. The van der Waals surface area contributed by atoms with Crippen LogP contribution in [0.25, 0.3) is 22.6 Å². The second-order valence-corrected chi connectivity index (χ2v) is 6.64. The Morgan fingerprint density at radius 1 is 1.26 bits per heavy atom. The summed E-state index contributed by atoms with van der Waals surface area (Å²) in [6, 6.07) is 9.23. The van der Waals surface area contributed by atoms with Crippen LogP contribution in [-0.2, 0) is 13.6 Å². The van der Waals surface area contributed by atoms with Gasteiger partial charge in [-0.3, -0.25) is 4.79 Å². The highest BCUT2D eigenvalue weighted by Gasteiger charge is 2.15. The van der Waals surface area contributed by atoms with E-state index in [0.29, 0.717) is 39.9 Å². The van der Waals surface area contributed by atoms with Crippen molar-refractivity contribution in [1.82, 2.24) is 29.8 Å². The van der Waals surface area contributed by atoms with Crippen molar-refractivity contribution >= 4 is 28.7 Å². The van der Waals surface area contributed by atoms with E-state index in [2.05, 4.69) is 25.3 Å². The summed E-state index contributed by atoms with van der Waals surface area (Å²) in [5, 5.41) is 3.44. The molecule has 0 unspecified atom stereocenters. The number of amides is 1. The minimum atomic E-state index is -0.233. The molecule has 0 spiro atoms. The highest BCUT2D eigenvalue weighted by Crippen LogP contribution is 2.28. The number of nitrogens with one attached hydrogen (secondary N) is 2. The van der Waals surface area contributed by atoms with Crippen molar-refractivity contribution in [3.05, 3.63) is 64.8 Å². The quantitative estimate of drug-likeness (QED) is 0.568. The fourth-order valence-electron chi connectivity index (χ4n) is 2.91. The van der Waals surface area contributed by atoms with Gasteiger partial charge in [-0.1, -0.05) is 23.7 Å². The monoisotopic (exact) mass is 380 g/mol. The molecule has 0 atom stereocenters. The van der Waals surface area contributed by atoms with Crippen LogP contribution in [0.5, 0.6) is 0 Å². The third kappa shape index (κ3) is 3.29. The number of H-pyrrole nitrogens is 1. The summed E-state index contributed by atoms with van der Waals surface area (Å²) in [4.78, 5) is 28.7. The van der Waals surface area contributed by atoms with Gasteiger partial charge in [-0.2, -0.15) is 0 Å². The largest absolute Gasteiger partial charge is 0.345 e. The molecule has 0 saturated heterocycles. The third-order valence-electron chi connectivity index (χ3n) is 4.26. The van der Waals surface area contributed by atoms with Gasteiger partial charge in [-0.05, 0) is 25.1 Å². The van der Waals surface area contributed by atoms with Gasteiger partial charge in [0.1, 0.15) is 17.2 Å². The fraction of sp³-hybridized carbons (Fsp3) is 0.158. The Morgan fingerprint density at radius 2 is 2.07 bits per heavy atom. The van der Waals surface area contributed by atoms with Gasteiger partial charge in [0.15, 0.2) is 5.65 Å². The first-order chi connectivity index (χ1) is 13.0. The predicted molar refractivity (Wildman–Crippen MR) is 103 cm³/mol. The maximum atomic E-state index is 12.4. The number of benzene rings is 1. The lowest BCUT2D eigenvalue weighted by Crippen LogP contribution is -2.23. The Labute approximate surface area is 160 Å². The number of hydrogen-bond donors (Lipinski definition) is 2. The number of hydrogen-bond acceptors (Lipinski definition) is 4. The Bertz CT molecular complexity index is 1150. The maximum absolute atomic E-state index is 12.4. The van der Waals surface area contributed by atoms with Crippen molar-refractivity contribution in [2.24, 2.45) is 7.05 Å². The number of halogens is 1. The van der Waals surface area contributed by atoms with Crippen molar-refractivity contribution in [2.45, 2.75) is 13.5 Å². The molecule has 1 amide bonds. The summed E-state index contributed by atoms with van der Waals surface area (Å²) in [7, 11) is 1.87. The number of carbonyl (C=O) groups is 1. The fourth-order valence-corrected chi connectivity index (χ4v) is 3.13. The van der Waals surface area contributed by atoms with Crippen molar-refractivity contribution < 1.29 is 4.79 Å². The lowest BCUT2D eigenvalue weighted by molar-refractivity contribution is 0.0949. The summed E-state index contributed by atoms with van der Waals surface area (Å²) in [6.07, 6.45) is 3.27. The minimum absolute atomic E-state index is 0.233. The van der Waals surface area contributed by atoms with Crippen LogP contribution in [0.3, 0.4) is 0 Å². The number of aromatic amines is 1. The maximum Gasteiger partial charge on any atom is 0.253 e. The standard InChI is InChI=1S/C19H17ClN6O/c1-11-8-21-16(24-11)10-23-19(27)12-7-15-18(22-9-12)26(2)17(25-15)13-5-3-4-6-14(13)20/h3-9H,10H2,1-2H3,(H,21,24)(H,23,27). The molecule has 27 heavy (non-hydrogen) atoms. The van der Waals surface area contributed by atoms with Crippen LogP contribution in [0, 0.1) is 6.92 Å². The first-order valence-corrected chi connectivity index (χ1v) is 8.77. The van der Waals surface area contributed by atoms with Crippen LogP contribution in [-0.4, -0.2) is 30.4 Å². The summed E-state index contributed by atoms with van der Waals surface area (Å²) in [5.41, 5.74) is 3.52. The highest BCUT2D eigenvalue weighted by molar-refractivity contribution is 6.33. The molecule has 3 aromatic heterocycles. The van der Waals surface area contributed by atoms with E-state index in [0.717, 1.165) is 11.3 Å². The molecule has 0 bridgehead atoms. The molecule has 7 nitrogen and oxygen atoms in total. The van der Waals surface area contributed by atoms with Crippen LogP contribution in [0.4, 0.5) is 0 Å². The van der Waals surface area contributed by atoms with Crippen LogP contribution < -0.4 is 5.32 Å². The van der Waals surface area contributed by atoms with E-state index in [-0.39, 0.29) is 5.91 Å². The predicted octanol–water partition coefficient (Wildman–Crippen LogP) is 3.25. The number of nitrogens with zero attached hydrogens (tertiary/aromatic N) is 4. The van der Waals surface area contributed by atoms with E-state index >= 15 is 0 Å². The van der Waals surface area contributed by atoms with Gasteiger partial charge < -0.3 is 14.9 Å². The topological polar surface area (TPSA) is 88.5 Å².